The first-order chi connectivity index (χ1) is 4.34. The quantitative estimate of drug-likeness (QED) is 0.560. The van der Waals surface area contributed by atoms with E-state index in [9.17, 15) is 0 Å². The number of methoxy groups -OCH3 is 1. The molecular formula is C7H15NO. The Morgan fingerprint density at radius 2 is 2.33 bits per heavy atom. The molecule has 1 fully saturated rings. The Morgan fingerprint density at radius 3 is 2.78 bits per heavy atom. The van der Waals surface area contributed by atoms with E-state index in [1.165, 1.54) is 6.42 Å². The Hall–Kier alpha value is -0.0800. The zero-order valence-corrected chi connectivity index (χ0v) is 6.18. The summed E-state index contributed by atoms with van der Waals surface area (Å²) in [5.74, 6) is 0.733. The zero-order chi connectivity index (χ0) is 6.69. The highest BCUT2D eigenvalue weighted by Crippen LogP contribution is 2.12. The van der Waals surface area contributed by atoms with Crippen LogP contribution in [0.5, 0.6) is 0 Å². The fraction of sp³-hybridized carbons (Fsp3) is 1.00. The predicted molar refractivity (Wildman–Crippen MR) is 37.4 cm³/mol. The van der Waals surface area contributed by atoms with Crippen molar-refractivity contribution in [3.8, 4) is 0 Å². The average Bonchev–Trinajstić information content (AvgIpc) is 1.89. The largest absolute Gasteiger partial charge is 0.380 e. The van der Waals surface area contributed by atoms with Gasteiger partial charge >= 0.3 is 0 Å². The summed E-state index contributed by atoms with van der Waals surface area (Å²) in [6, 6.07) is 0. The molecule has 0 unspecified atom stereocenters. The summed E-state index contributed by atoms with van der Waals surface area (Å²) in [5.41, 5.74) is 0. The van der Waals surface area contributed by atoms with Gasteiger partial charge in [0.15, 0.2) is 0 Å². The van der Waals surface area contributed by atoms with Gasteiger partial charge in [-0.15, -0.1) is 0 Å². The van der Waals surface area contributed by atoms with Crippen molar-refractivity contribution in [2.45, 2.75) is 19.4 Å². The molecule has 0 spiro atoms. The Kier molecular flexibility index (Phi) is 2.49. The van der Waals surface area contributed by atoms with Gasteiger partial charge in [-0.05, 0) is 18.9 Å². The van der Waals surface area contributed by atoms with Gasteiger partial charge in [0.2, 0.25) is 0 Å². The normalized spacial score (nSPS) is 36.7. The highest BCUT2D eigenvalue weighted by atomic mass is 16.5. The predicted octanol–water partition coefficient (Wildman–Crippen LogP) is 0.631. The van der Waals surface area contributed by atoms with Gasteiger partial charge in [0.05, 0.1) is 6.10 Å². The molecule has 0 aromatic heterocycles. The summed E-state index contributed by atoms with van der Waals surface area (Å²) >= 11 is 0. The van der Waals surface area contributed by atoms with Crippen LogP contribution >= 0.6 is 0 Å². The fourth-order valence-corrected chi connectivity index (χ4v) is 1.28. The van der Waals surface area contributed by atoms with Crippen LogP contribution in [0.2, 0.25) is 0 Å². The Labute approximate surface area is 56.6 Å². The van der Waals surface area contributed by atoms with Gasteiger partial charge in [0.1, 0.15) is 0 Å². The lowest BCUT2D eigenvalue weighted by Crippen LogP contribution is -2.40. The number of ether oxygens (including phenoxy) is 1. The topological polar surface area (TPSA) is 21.3 Å². The molecule has 0 radical (unpaired) electrons. The Balaban J connectivity index is 2.30. The number of hydrogen-bond acceptors (Lipinski definition) is 2. The van der Waals surface area contributed by atoms with Gasteiger partial charge in [-0.1, -0.05) is 6.92 Å². The van der Waals surface area contributed by atoms with Gasteiger partial charge in [0.25, 0.3) is 0 Å². The molecule has 54 valence electrons. The molecule has 2 heteroatoms. The molecule has 1 saturated heterocycles. The minimum atomic E-state index is 0.443. The van der Waals surface area contributed by atoms with Crippen molar-refractivity contribution in [1.82, 2.24) is 5.32 Å². The maximum absolute atomic E-state index is 5.24. The molecule has 0 aromatic rings. The molecule has 0 aliphatic carbocycles. The van der Waals surface area contributed by atoms with Crippen molar-refractivity contribution >= 4 is 0 Å². The molecule has 2 atom stereocenters. The third kappa shape index (κ3) is 1.66. The first-order valence-electron chi connectivity index (χ1n) is 3.58. The second kappa shape index (κ2) is 3.18. The van der Waals surface area contributed by atoms with E-state index in [0.717, 1.165) is 19.0 Å². The summed E-state index contributed by atoms with van der Waals surface area (Å²) in [4.78, 5) is 0. The van der Waals surface area contributed by atoms with Crippen LogP contribution in [-0.4, -0.2) is 26.3 Å². The van der Waals surface area contributed by atoms with Gasteiger partial charge in [-0.3, -0.25) is 0 Å². The van der Waals surface area contributed by atoms with Gasteiger partial charge in [-0.25, -0.2) is 0 Å². The highest BCUT2D eigenvalue weighted by molar-refractivity contribution is 4.74. The smallest absolute Gasteiger partial charge is 0.0721 e. The minimum Gasteiger partial charge on any atom is -0.380 e. The first-order valence-corrected chi connectivity index (χ1v) is 3.58. The van der Waals surface area contributed by atoms with Crippen molar-refractivity contribution in [2.24, 2.45) is 5.92 Å². The molecule has 0 aromatic carbocycles. The SMILES string of the molecule is CO[C@H]1CNCC[C@H]1C. The molecule has 1 rings (SSSR count). The molecule has 0 saturated carbocycles. The Morgan fingerprint density at radius 1 is 1.56 bits per heavy atom. The monoisotopic (exact) mass is 129 g/mol. The van der Waals surface area contributed by atoms with Crippen molar-refractivity contribution in [2.75, 3.05) is 20.2 Å². The summed E-state index contributed by atoms with van der Waals surface area (Å²) in [5, 5.41) is 3.29. The molecular weight excluding hydrogens is 114 g/mol. The lowest BCUT2D eigenvalue weighted by atomic mass is 9.97. The van der Waals surface area contributed by atoms with Crippen molar-refractivity contribution in [3.63, 3.8) is 0 Å². The highest BCUT2D eigenvalue weighted by Gasteiger charge is 2.19. The first kappa shape index (κ1) is 7.03. The van der Waals surface area contributed by atoms with E-state index in [-0.39, 0.29) is 0 Å². The second-order valence-electron chi connectivity index (χ2n) is 2.74. The van der Waals surface area contributed by atoms with E-state index in [2.05, 4.69) is 12.2 Å². The van der Waals surface area contributed by atoms with E-state index >= 15 is 0 Å². The van der Waals surface area contributed by atoms with E-state index < -0.39 is 0 Å². The van der Waals surface area contributed by atoms with Crippen LogP contribution in [0, 0.1) is 5.92 Å². The molecule has 9 heavy (non-hydrogen) atoms. The number of piperidine rings is 1. The van der Waals surface area contributed by atoms with Crippen molar-refractivity contribution in [3.05, 3.63) is 0 Å². The Bertz CT molecular complexity index is 85.0. The zero-order valence-electron chi connectivity index (χ0n) is 6.18. The standard InChI is InChI=1S/C7H15NO/c1-6-3-4-8-5-7(6)9-2/h6-8H,3-5H2,1-2H3/t6-,7+/m1/s1. The number of nitrogens with one attached hydrogen (secondary N) is 1. The molecule has 1 aliphatic heterocycles. The van der Waals surface area contributed by atoms with Crippen LogP contribution in [0.3, 0.4) is 0 Å². The van der Waals surface area contributed by atoms with E-state index in [1.54, 1.807) is 7.11 Å². The molecule has 1 heterocycles. The minimum absolute atomic E-state index is 0.443. The maximum atomic E-state index is 5.24. The third-order valence-corrected chi connectivity index (χ3v) is 2.06. The van der Waals surface area contributed by atoms with Crippen LogP contribution in [0.1, 0.15) is 13.3 Å². The van der Waals surface area contributed by atoms with Gasteiger partial charge in [-0.2, -0.15) is 0 Å². The summed E-state index contributed by atoms with van der Waals surface area (Å²) < 4.78 is 5.24. The average molecular weight is 129 g/mol. The van der Waals surface area contributed by atoms with E-state index in [1.807, 2.05) is 0 Å². The lowest BCUT2D eigenvalue weighted by Gasteiger charge is -2.27. The lowest BCUT2D eigenvalue weighted by molar-refractivity contribution is 0.0413. The summed E-state index contributed by atoms with van der Waals surface area (Å²) in [7, 11) is 1.79. The van der Waals surface area contributed by atoms with E-state index in [4.69, 9.17) is 4.74 Å². The van der Waals surface area contributed by atoms with Crippen LogP contribution in [0.4, 0.5) is 0 Å². The fourth-order valence-electron chi connectivity index (χ4n) is 1.28. The second-order valence-corrected chi connectivity index (χ2v) is 2.74. The summed E-state index contributed by atoms with van der Waals surface area (Å²) in [6.45, 7) is 4.42. The van der Waals surface area contributed by atoms with Crippen LogP contribution < -0.4 is 5.32 Å². The van der Waals surface area contributed by atoms with Crippen LogP contribution in [0.25, 0.3) is 0 Å². The van der Waals surface area contributed by atoms with Crippen molar-refractivity contribution in [1.29, 1.82) is 0 Å². The van der Waals surface area contributed by atoms with Crippen LogP contribution in [0.15, 0.2) is 0 Å². The van der Waals surface area contributed by atoms with Crippen molar-refractivity contribution < 1.29 is 4.74 Å². The third-order valence-electron chi connectivity index (χ3n) is 2.06. The molecule has 1 N–H and O–H groups in total. The number of hydrogen-bond donors (Lipinski definition) is 1. The molecule has 2 nitrogen and oxygen atoms in total. The van der Waals surface area contributed by atoms with Gasteiger partial charge in [0, 0.05) is 13.7 Å². The summed E-state index contributed by atoms with van der Waals surface area (Å²) in [6.07, 6.45) is 1.69. The molecule has 0 amide bonds. The van der Waals surface area contributed by atoms with Crippen LogP contribution in [-0.2, 0) is 4.74 Å². The van der Waals surface area contributed by atoms with Gasteiger partial charge < -0.3 is 10.1 Å². The van der Waals surface area contributed by atoms with E-state index in [0.29, 0.717) is 6.10 Å². The molecule has 0 bridgehead atoms. The molecule has 1 aliphatic rings. The maximum Gasteiger partial charge on any atom is 0.0721 e. The number of rotatable bonds is 1.